The Labute approximate surface area is 187 Å². The summed E-state index contributed by atoms with van der Waals surface area (Å²) in [5.74, 6) is -9.23. The van der Waals surface area contributed by atoms with Crippen LogP contribution in [0.15, 0.2) is 0 Å². The van der Waals surface area contributed by atoms with Crippen LogP contribution in [0.1, 0.15) is 19.3 Å². The molecule has 0 saturated carbocycles. The van der Waals surface area contributed by atoms with E-state index in [2.05, 4.69) is 0 Å². The number of rotatable bonds is 9. The minimum Gasteiger partial charge on any atom is -0.550 e. The molecule has 29 heavy (non-hydrogen) atoms. The minimum absolute atomic E-state index is 0. The second-order valence-corrected chi connectivity index (χ2v) is 4.50. The van der Waals surface area contributed by atoms with E-state index in [1.54, 1.807) is 0 Å². The van der Waals surface area contributed by atoms with Crippen molar-refractivity contribution < 1.29 is 96.5 Å². The number of hydrogen-bond acceptors (Lipinski definition) is 15. The number of carboxylic acid groups (broad SMARTS) is 6. The molecule has 0 spiro atoms. The molecule has 3 unspecified atom stereocenters. The van der Waals surface area contributed by atoms with Crippen LogP contribution < -0.4 is 47.8 Å². The van der Waals surface area contributed by atoms with Gasteiger partial charge in [-0.15, -0.1) is 0 Å². The molecule has 0 aromatic heterocycles. The monoisotopic (exact) mass is 495 g/mol. The molecule has 3 atom stereocenters. The fraction of sp³-hybridized carbons (Fsp3) is 0.500. The van der Waals surface area contributed by atoms with E-state index < -0.39 is 73.2 Å². The predicted octanol–water partition coefficient (Wildman–Crippen LogP) is -11.4. The Morgan fingerprint density at radius 3 is 0.655 bits per heavy atom. The zero-order valence-electron chi connectivity index (χ0n) is 14.4. The van der Waals surface area contributed by atoms with Crippen LogP contribution in [-0.2, 0) is 65.9 Å². The minimum atomic E-state index is -1.58. The molecule has 0 bridgehead atoms. The van der Waals surface area contributed by atoms with Gasteiger partial charge in [-0.25, -0.2) is 0 Å². The fourth-order valence-electron chi connectivity index (χ4n) is 0.789. The molecule has 15 nitrogen and oxygen atoms in total. The van der Waals surface area contributed by atoms with Gasteiger partial charge in [-0.3, -0.25) is 0 Å². The first-order chi connectivity index (χ1) is 12.1. The molecule has 0 fully saturated rings. The molecule has 17 heteroatoms. The van der Waals surface area contributed by atoms with E-state index >= 15 is 0 Å². The van der Waals surface area contributed by atoms with Gasteiger partial charge in [0.05, 0.1) is 17.9 Å². The van der Waals surface area contributed by atoms with Crippen molar-refractivity contribution in [3.8, 4) is 0 Å². The van der Waals surface area contributed by atoms with Crippen molar-refractivity contribution in [2.75, 3.05) is 0 Å². The average molecular weight is 495 g/mol. The van der Waals surface area contributed by atoms with Gasteiger partial charge in [0.2, 0.25) is 0 Å². The molecule has 6 N–H and O–H groups in total. The number of carboxylic acids is 6. The van der Waals surface area contributed by atoms with Crippen LogP contribution in [0.25, 0.3) is 0 Å². The Bertz CT molecular complexity index is 484. The Morgan fingerprint density at radius 1 is 0.483 bits per heavy atom. The van der Waals surface area contributed by atoms with E-state index in [9.17, 15) is 59.4 Å². The van der Waals surface area contributed by atoms with Gasteiger partial charge in [0.15, 0.2) is 0 Å². The molecular formula is C12H15N3O12V2. The standard InChI is InChI=1S/3C4H7NO4.2V/c3*5-2(4(8)9)1-3(6)7;;/h3*2H,1,5H2,(H,6,7)(H,8,9);;/q;;;2*+3/p-6. The molecule has 160 valence electrons. The quantitative estimate of drug-likeness (QED) is 0.267. The van der Waals surface area contributed by atoms with Crippen LogP contribution >= 0.6 is 0 Å². The van der Waals surface area contributed by atoms with Crippen LogP contribution in [0.3, 0.4) is 0 Å². The van der Waals surface area contributed by atoms with E-state index in [1.165, 1.54) is 0 Å². The van der Waals surface area contributed by atoms with Crippen molar-refractivity contribution in [3.05, 3.63) is 0 Å². The van der Waals surface area contributed by atoms with Gasteiger partial charge in [0.1, 0.15) is 0 Å². The topological polar surface area (TPSA) is 319 Å². The van der Waals surface area contributed by atoms with Gasteiger partial charge in [-0.1, -0.05) is 0 Å². The smallest absolute Gasteiger partial charge is 0.550 e. The van der Waals surface area contributed by atoms with E-state index in [0.717, 1.165) is 0 Å². The Kier molecular flexibility index (Phi) is 26.7. The van der Waals surface area contributed by atoms with Crippen molar-refractivity contribution in [3.63, 3.8) is 0 Å². The fourth-order valence-corrected chi connectivity index (χ4v) is 0.789. The molecule has 0 radical (unpaired) electrons. The number of nitrogens with two attached hydrogens (primary N) is 3. The third kappa shape index (κ3) is 30.8. The zero-order valence-corrected chi connectivity index (χ0v) is 17.2. The first-order valence-corrected chi connectivity index (χ1v) is 6.60. The molecule has 0 aliphatic rings. The van der Waals surface area contributed by atoms with Crippen molar-refractivity contribution >= 4 is 35.8 Å². The van der Waals surface area contributed by atoms with Crippen molar-refractivity contribution in [1.29, 1.82) is 0 Å². The maximum atomic E-state index is 9.71. The molecule has 0 aromatic carbocycles. The van der Waals surface area contributed by atoms with Gasteiger partial charge < -0.3 is 76.6 Å². The first kappa shape index (κ1) is 37.6. The SMILES string of the molecule is NC(CC(=O)[O-])C(=O)[O-].NC(CC(=O)[O-])C(=O)[O-].NC(CC(=O)[O-])C(=O)[O-].[V+3].[V+3]. The summed E-state index contributed by atoms with van der Waals surface area (Å²) in [6.45, 7) is 0. The van der Waals surface area contributed by atoms with Crippen LogP contribution in [-0.4, -0.2) is 53.9 Å². The summed E-state index contributed by atoms with van der Waals surface area (Å²) < 4.78 is 0. The van der Waals surface area contributed by atoms with Gasteiger partial charge in [0, 0.05) is 55.3 Å². The van der Waals surface area contributed by atoms with Crippen LogP contribution in [0.5, 0.6) is 0 Å². The number of carbonyl (C=O) groups is 6. The maximum absolute atomic E-state index is 9.71. The summed E-state index contributed by atoms with van der Waals surface area (Å²) in [5, 5.41) is 58.0. The molecule has 0 heterocycles. The van der Waals surface area contributed by atoms with Gasteiger partial charge in [0.25, 0.3) is 0 Å². The molecule has 0 aliphatic carbocycles. The third-order valence-corrected chi connectivity index (χ3v) is 2.07. The number of carbonyl (C=O) groups excluding carboxylic acids is 6. The summed E-state index contributed by atoms with van der Waals surface area (Å²) in [5.41, 5.74) is 14.2. The number of aliphatic carboxylic acids is 6. The summed E-state index contributed by atoms with van der Waals surface area (Å²) in [7, 11) is 0. The largest absolute Gasteiger partial charge is 3.00 e. The second-order valence-electron chi connectivity index (χ2n) is 4.50. The maximum Gasteiger partial charge on any atom is 3.00 e. The molecule has 0 aromatic rings. The van der Waals surface area contributed by atoms with Gasteiger partial charge in [-0.05, 0) is 0 Å². The second kappa shape index (κ2) is 20.6. The van der Waals surface area contributed by atoms with Crippen LogP contribution in [0.2, 0.25) is 0 Å². The van der Waals surface area contributed by atoms with Crippen molar-refractivity contribution in [2.45, 2.75) is 37.4 Å². The normalized spacial score (nSPS) is 11.7. The molecule has 0 aliphatic heterocycles. The first-order valence-electron chi connectivity index (χ1n) is 6.60. The van der Waals surface area contributed by atoms with Crippen LogP contribution in [0, 0.1) is 0 Å². The molecule has 0 rings (SSSR count). The summed E-state index contributed by atoms with van der Waals surface area (Å²) >= 11 is 0. The predicted molar refractivity (Wildman–Crippen MR) is 67.8 cm³/mol. The number of hydrogen-bond donors (Lipinski definition) is 3. The van der Waals surface area contributed by atoms with Crippen molar-refractivity contribution in [2.24, 2.45) is 17.2 Å². The van der Waals surface area contributed by atoms with Crippen molar-refractivity contribution in [1.82, 2.24) is 0 Å². The summed E-state index contributed by atoms with van der Waals surface area (Å²) in [6, 6.07) is -4.39. The van der Waals surface area contributed by atoms with Crippen LogP contribution in [0.4, 0.5) is 0 Å². The van der Waals surface area contributed by atoms with Gasteiger partial charge in [-0.2, -0.15) is 0 Å². The molecular weight excluding hydrogens is 480 g/mol. The van der Waals surface area contributed by atoms with E-state index in [-0.39, 0.29) is 37.1 Å². The van der Waals surface area contributed by atoms with E-state index in [4.69, 9.17) is 17.2 Å². The van der Waals surface area contributed by atoms with E-state index in [0.29, 0.717) is 0 Å². The Hall–Kier alpha value is -2.13. The summed E-state index contributed by atoms with van der Waals surface area (Å²) in [6.07, 6.45) is -2.12. The molecule has 0 saturated heterocycles. The Morgan fingerprint density at radius 2 is 0.621 bits per heavy atom. The van der Waals surface area contributed by atoms with E-state index in [1.807, 2.05) is 0 Å². The zero-order chi connectivity index (χ0) is 22.3. The summed E-state index contributed by atoms with van der Waals surface area (Å²) in [4.78, 5) is 58.0. The third-order valence-electron chi connectivity index (χ3n) is 2.07. The van der Waals surface area contributed by atoms with Gasteiger partial charge >= 0.3 is 37.1 Å². The Balaban J connectivity index is -0.0000000960. The average Bonchev–Trinajstić information content (AvgIpc) is 2.46. The molecule has 0 amide bonds.